The molecule has 2 atom stereocenters. The van der Waals surface area contributed by atoms with Crippen molar-refractivity contribution in [3.05, 3.63) is 24.3 Å². The molecule has 2 unspecified atom stereocenters. The topological polar surface area (TPSA) is 95.9 Å². The molecule has 6 nitrogen and oxygen atoms in total. The van der Waals surface area contributed by atoms with Gasteiger partial charge in [0.05, 0.1) is 25.4 Å². The summed E-state index contributed by atoms with van der Waals surface area (Å²) in [6.45, 7) is 4.99. The van der Waals surface area contributed by atoms with E-state index in [-0.39, 0.29) is 18.5 Å². The molecule has 1 amide bonds. The van der Waals surface area contributed by atoms with E-state index in [1.165, 1.54) is 327 Å². The van der Waals surface area contributed by atoms with Gasteiger partial charge in [0.15, 0.2) is 0 Å². The van der Waals surface area contributed by atoms with Crippen molar-refractivity contribution in [2.45, 2.75) is 418 Å². The van der Waals surface area contributed by atoms with Crippen molar-refractivity contribution in [3.63, 3.8) is 0 Å². The van der Waals surface area contributed by atoms with E-state index in [0.29, 0.717) is 25.9 Å². The second-order valence-corrected chi connectivity index (χ2v) is 24.9. The molecule has 0 heterocycles. The van der Waals surface area contributed by atoms with Crippen molar-refractivity contribution in [2.75, 3.05) is 13.2 Å². The average Bonchev–Trinajstić information content (AvgIpc) is 3.45. The molecule has 0 aromatic rings. The van der Waals surface area contributed by atoms with Crippen LogP contribution >= 0.6 is 0 Å². The zero-order chi connectivity index (χ0) is 57.1. The third-order valence-electron chi connectivity index (χ3n) is 17.0. The first-order valence-corrected chi connectivity index (χ1v) is 36.1. The number of hydrogen-bond donors (Lipinski definition) is 3. The standard InChI is InChI=1S/C73H141NO5/c1-3-5-7-9-11-13-15-17-19-21-22-30-34-37-41-45-49-53-57-61-65-71(76)70(69-75)74-72(77)66-62-58-54-50-46-42-38-35-31-28-26-24-23-25-27-29-32-36-40-44-48-52-56-60-64-68-79-73(78)67-63-59-55-51-47-43-39-33-20-18-16-14-12-10-8-6-4-2/h18,20,24,26,70-71,75-76H,3-17,19,21-23,25,27-69H2,1-2H3,(H,74,77)/b20-18-,26-24-. The summed E-state index contributed by atoms with van der Waals surface area (Å²) in [6.07, 6.45) is 86.5. The Kier molecular flexibility index (Phi) is 67.4. The van der Waals surface area contributed by atoms with E-state index in [0.717, 1.165) is 44.9 Å². The maximum atomic E-state index is 12.5. The van der Waals surface area contributed by atoms with Crippen molar-refractivity contribution in [3.8, 4) is 0 Å². The lowest BCUT2D eigenvalue weighted by molar-refractivity contribution is -0.143. The molecule has 0 aromatic carbocycles. The lowest BCUT2D eigenvalue weighted by atomic mass is 10.0. The van der Waals surface area contributed by atoms with Crippen LogP contribution in [-0.2, 0) is 14.3 Å². The van der Waals surface area contributed by atoms with Gasteiger partial charge in [0.1, 0.15) is 0 Å². The smallest absolute Gasteiger partial charge is 0.305 e. The summed E-state index contributed by atoms with van der Waals surface area (Å²) in [5.41, 5.74) is 0. The van der Waals surface area contributed by atoms with Gasteiger partial charge < -0.3 is 20.3 Å². The maximum absolute atomic E-state index is 12.5. The van der Waals surface area contributed by atoms with E-state index in [9.17, 15) is 19.8 Å². The minimum atomic E-state index is -0.667. The predicted octanol–water partition coefficient (Wildman–Crippen LogP) is 23.3. The van der Waals surface area contributed by atoms with Gasteiger partial charge in [0.2, 0.25) is 5.91 Å². The average molecular weight is 1110 g/mol. The number of hydrogen-bond acceptors (Lipinski definition) is 5. The number of esters is 1. The first-order chi connectivity index (χ1) is 39.0. The molecule has 0 fully saturated rings. The molecule has 6 heteroatoms. The van der Waals surface area contributed by atoms with E-state index in [1.807, 2.05) is 0 Å². The Balaban J connectivity index is 3.39. The Morgan fingerprint density at radius 3 is 0.899 bits per heavy atom. The molecule has 3 N–H and O–H groups in total. The molecule has 79 heavy (non-hydrogen) atoms. The fourth-order valence-electron chi connectivity index (χ4n) is 11.5. The zero-order valence-electron chi connectivity index (χ0n) is 53.6. The monoisotopic (exact) mass is 1110 g/mol. The summed E-state index contributed by atoms with van der Waals surface area (Å²) < 4.78 is 5.50. The van der Waals surface area contributed by atoms with E-state index in [1.54, 1.807) is 0 Å². The third-order valence-corrected chi connectivity index (χ3v) is 17.0. The van der Waals surface area contributed by atoms with Crippen LogP contribution in [0.3, 0.4) is 0 Å². The molecule has 0 aromatic heterocycles. The van der Waals surface area contributed by atoms with Crippen LogP contribution in [0.1, 0.15) is 406 Å². The first kappa shape index (κ1) is 77.3. The minimum Gasteiger partial charge on any atom is -0.466 e. The molecule has 468 valence electrons. The summed E-state index contributed by atoms with van der Waals surface area (Å²) in [6, 6.07) is -0.545. The molecular weight excluding hydrogens is 971 g/mol. The van der Waals surface area contributed by atoms with Crippen LogP contribution in [0.4, 0.5) is 0 Å². The summed E-state index contributed by atoms with van der Waals surface area (Å²) in [5.74, 6) is -0.0228. The number of allylic oxidation sites excluding steroid dienone is 4. The van der Waals surface area contributed by atoms with Crippen LogP contribution in [0.2, 0.25) is 0 Å². The van der Waals surface area contributed by atoms with E-state index >= 15 is 0 Å². The highest BCUT2D eigenvalue weighted by molar-refractivity contribution is 5.76. The number of nitrogens with one attached hydrogen (secondary N) is 1. The van der Waals surface area contributed by atoms with Gasteiger partial charge in [-0.1, -0.05) is 340 Å². The number of amides is 1. The van der Waals surface area contributed by atoms with Gasteiger partial charge in [-0.25, -0.2) is 0 Å². The van der Waals surface area contributed by atoms with Crippen molar-refractivity contribution in [2.24, 2.45) is 0 Å². The van der Waals surface area contributed by atoms with Crippen LogP contribution in [0.15, 0.2) is 24.3 Å². The highest BCUT2D eigenvalue weighted by atomic mass is 16.5. The largest absolute Gasteiger partial charge is 0.466 e. The molecule has 0 rings (SSSR count). The molecule has 0 saturated heterocycles. The Labute approximate surface area is 494 Å². The van der Waals surface area contributed by atoms with E-state index in [2.05, 4.69) is 43.5 Å². The SMILES string of the molecule is CCCCCCCC/C=C\CCCCCCCCCC(=O)OCCCCCCCCCCCCCC/C=C\CCCCCCCCCCCC(=O)NC(CO)C(O)CCCCCCCCCCCCCCCCCCCCCC. The van der Waals surface area contributed by atoms with Gasteiger partial charge in [-0.05, 0) is 77.0 Å². The Hall–Kier alpha value is -1.66. The number of ether oxygens (including phenoxy) is 1. The summed E-state index contributed by atoms with van der Waals surface area (Å²) in [5, 5.41) is 23.4. The summed E-state index contributed by atoms with van der Waals surface area (Å²) in [4.78, 5) is 24.6. The molecule has 0 radical (unpaired) electrons. The van der Waals surface area contributed by atoms with Crippen LogP contribution in [-0.4, -0.2) is 47.4 Å². The number of rotatable bonds is 68. The minimum absolute atomic E-state index is 0.0111. The van der Waals surface area contributed by atoms with E-state index in [4.69, 9.17) is 4.74 Å². The van der Waals surface area contributed by atoms with Gasteiger partial charge in [-0.15, -0.1) is 0 Å². The number of aliphatic hydroxyl groups excluding tert-OH is 2. The Morgan fingerprint density at radius 1 is 0.342 bits per heavy atom. The van der Waals surface area contributed by atoms with E-state index < -0.39 is 12.1 Å². The number of unbranched alkanes of at least 4 members (excludes halogenated alkanes) is 53. The Morgan fingerprint density at radius 2 is 0.595 bits per heavy atom. The second-order valence-electron chi connectivity index (χ2n) is 24.9. The number of carbonyl (C=O) groups is 2. The predicted molar refractivity (Wildman–Crippen MR) is 347 cm³/mol. The van der Waals surface area contributed by atoms with Crippen LogP contribution in [0.25, 0.3) is 0 Å². The number of carbonyl (C=O) groups excluding carboxylic acids is 2. The van der Waals surface area contributed by atoms with Gasteiger partial charge >= 0.3 is 5.97 Å². The van der Waals surface area contributed by atoms with Crippen molar-refractivity contribution < 1.29 is 24.5 Å². The van der Waals surface area contributed by atoms with Crippen molar-refractivity contribution >= 4 is 11.9 Å². The van der Waals surface area contributed by atoms with Gasteiger partial charge in [-0.2, -0.15) is 0 Å². The fourth-order valence-corrected chi connectivity index (χ4v) is 11.5. The Bertz CT molecular complexity index is 1230. The molecular formula is C73H141NO5. The zero-order valence-corrected chi connectivity index (χ0v) is 53.6. The fraction of sp³-hybridized carbons (Fsp3) is 0.918. The van der Waals surface area contributed by atoms with Gasteiger partial charge in [0.25, 0.3) is 0 Å². The van der Waals surface area contributed by atoms with Crippen LogP contribution in [0, 0.1) is 0 Å². The molecule has 0 aliphatic carbocycles. The lowest BCUT2D eigenvalue weighted by Gasteiger charge is -2.22. The third kappa shape index (κ3) is 65.4. The molecule has 0 saturated carbocycles. The van der Waals surface area contributed by atoms with Crippen molar-refractivity contribution in [1.82, 2.24) is 5.32 Å². The van der Waals surface area contributed by atoms with Crippen LogP contribution < -0.4 is 5.32 Å². The highest BCUT2D eigenvalue weighted by Crippen LogP contribution is 2.19. The first-order valence-electron chi connectivity index (χ1n) is 36.1. The molecule has 0 aliphatic heterocycles. The lowest BCUT2D eigenvalue weighted by Crippen LogP contribution is -2.45. The summed E-state index contributed by atoms with van der Waals surface area (Å²) >= 11 is 0. The number of aliphatic hydroxyl groups is 2. The van der Waals surface area contributed by atoms with Gasteiger partial charge in [0, 0.05) is 12.8 Å². The maximum Gasteiger partial charge on any atom is 0.305 e. The highest BCUT2D eigenvalue weighted by Gasteiger charge is 2.20. The molecule has 0 spiro atoms. The molecule has 0 aliphatic rings. The second kappa shape index (κ2) is 68.8. The summed E-state index contributed by atoms with van der Waals surface area (Å²) in [7, 11) is 0. The quantitative estimate of drug-likeness (QED) is 0.0320. The molecule has 0 bridgehead atoms. The van der Waals surface area contributed by atoms with Crippen LogP contribution in [0.5, 0.6) is 0 Å². The van der Waals surface area contributed by atoms with Crippen molar-refractivity contribution in [1.29, 1.82) is 0 Å². The van der Waals surface area contributed by atoms with Gasteiger partial charge in [-0.3, -0.25) is 9.59 Å². The normalized spacial score (nSPS) is 12.6.